The maximum atomic E-state index is 6.02. The average molecular weight is 407 g/mol. The molecule has 0 amide bonds. The van der Waals surface area contributed by atoms with E-state index in [2.05, 4.69) is 16.3 Å². The summed E-state index contributed by atoms with van der Waals surface area (Å²) in [6, 6.07) is 7.98. The van der Waals surface area contributed by atoms with E-state index >= 15 is 0 Å². The Morgan fingerprint density at radius 3 is 2.77 bits per heavy atom. The quantitative estimate of drug-likeness (QED) is 0.696. The van der Waals surface area contributed by atoms with Gasteiger partial charge in [-0.1, -0.05) is 0 Å². The van der Waals surface area contributed by atoms with E-state index in [-0.39, 0.29) is 6.23 Å². The Bertz CT molecular complexity index is 989. The summed E-state index contributed by atoms with van der Waals surface area (Å²) in [5.74, 6) is 2.03. The number of hydrogen-bond acceptors (Lipinski definition) is 6. The molecule has 2 aliphatic heterocycles. The van der Waals surface area contributed by atoms with Crippen molar-refractivity contribution in [1.82, 2.24) is 24.8 Å². The molecule has 2 aromatic heterocycles. The number of hydrogen-bond donors (Lipinski definition) is 1. The summed E-state index contributed by atoms with van der Waals surface area (Å²) < 4.78 is 13.4. The lowest BCUT2D eigenvalue weighted by atomic mass is 9.96. The molecule has 1 radical (unpaired) electrons. The van der Waals surface area contributed by atoms with Crippen LogP contribution in [0.4, 0.5) is 0 Å². The van der Waals surface area contributed by atoms with Crippen molar-refractivity contribution in [1.29, 1.82) is 0 Å². The van der Waals surface area contributed by atoms with Gasteiger partial charge in [-0.3, -0.25) is 4.57 Å². The second-order valence-corrected chi connectivity index (χ2v) is 8.08. The van der Waals surface area contributed by atoms with Gasteiger partial charge in [0.1, 0.15) is 29.0 Å². The third kappa shape index (κ3) is 3.91. The van der Waals surface area contributed by atoms with Crippen molar-refractivity contribution in [3.8, 4) is 17.0 Å². The van der Waals surface area contributed by atoms with E-state index in [1.165, 1.54) is 6.42 Å². The van der Waals surface area contributed by atoms with E-state index in [4.69, 9.17) is 24.4 Å². The standard InChI is InChI=1S/C23H28N5O2/c1-29-18-9-7-17(8-10-18)21-22-23(28(15-25-22)20-6-2-3-12-30-20)27-19(26-21)13-16-5-4-11-24-14-16/h7-10,13,15-16,20,24H,2-6,11-12,14H2,1H3. The lowest BCUT2D eigenvalue weighted by molar-refractivity contribution is -0.0298. The molecule has 7 heteroatoms. The van der Waals surface area contributed by atoms with Crippen LogP contribution in [-0.4, -0.2) is 46.3 Å². The Labute approximate surface area is 176 Å². The first-order valence-corrected chi connectivity index (χ1v) is 10.9. The molecule has 157 valence electrons. The molecule has 0 aliphatic carbocycles. The van der Waals surface area contributed by atoms with E-state index in [1.807, 2.05) is 30.6 Å². The normalized spacial score (nSPS) is 22.3. The molecule has 2 aliphatic rings. The summed E-state index contributed by atoms with van der Waals surface area (Å²) in [7, 11) is 1.68. The fourth-order valence-corrected chi connectivity index (χ4v) is 4.34. The largest absolute Gasteiger partial charge is 0.497 e. The Hall–Kier alpha value is -2.51. The Morgan fingerprint density at radius 2 is 2.03 bits per heavy atom. The number of methoxy groups -OCH3 is 1. The third-order valence-corrected chi connectivity index (χ3v) is 5.99. The highest BCUT2D eigenvalue weighted by Gasteiger charge is 2.23. The molecule has 3 aromatic rings. The predicted molar refractivity (Wildman–Crippen MR) is 115 cm³/mol. The van der Waals surface area contributed by atoms with Gasteiger partial charge in [-0.25, -0.2) is 15.0 Å². The zero-order valence-electron chi connectivity index (χ0n) is 17.4. The Morgan fingerprint density at radius 1 is 1.13 bits per heavy atom. The zero-order valence-corrected chi connectivity index (χ0v) is 17.4. The molecule has 0 saturated carbocycles. The van der Waals surface area contributed by atoms with Gasteiger partial charge in [0.25, 0.3) is 0 Å². The van der Waals surface area contributed by atoms with Gasteiger partial charge in [0, 0.05) is 18.6 Å². The van der Waals surface area contributed by atoms with Crippen LogP contribution in [0.15, 0.2) is 30.6 Å². The number of nitrogens with one attached hydrogen (secondary N) is 1. The lowest BCUT2D eigenvalue weighted by Gasteiger charge is -2.24. The van der Waals surface area contributed by atoms with E-state index < -0.39 is 0 Å². The van der Waals surface area contributed by atoms with Crippen LogP contribution in [0, 0.1) is 12.3 Å². The summed E-state index contributed by atoms with van der Waals surface area (Å²) in [4.78, 5) is 14.6. The number of piperidine rings is 1. The number of aromatic nitrogens is 4. The summed E-state index contributed by atoms with van der Waals surface area (Å²) in [5.41, 5.74) is 3.52. The molecule has 2 unspecified atom stereocenters. The highest BCUT2D eigenvalue weighted by atomic mass is 16.5. The van der Waals surface area contributed by atoms with E-state index in [1.54, 1.807) is 7.11 Å². The van der Waals surface area contributed by atoms with Gasteiger partial charge in [-0.2, -0.15) is 0 Å². The van der Waals surface area contributed by atoms with Crippen molar-refractivity contribution in [3.05, 3.63) is 42.8 Å². The van der Waals surface area contributed by atoms with Gasteiger partial charge in [-0.05, 0) is 75.4 Å². The number of nitrogens with zero attached hydrogens (tertiary/aromatic N) is 4. The van der Waals surface area contributed by atoms with Crippen LogP contribution in [0.3, 0.4) is 0 Å². The van der Waals surface area contributed by atoms with Crippen LogP contribution >= 0.6 is 0 Å². The van der Waals surface area contributed by atoms with Crippen LogP contribution in [-0.2, 0) is 4.74 Å². The van der Waals surface area contributed by atoms with Gasteiger partial charge < -0.3 is 14.8 Å². The molecule has 1 N–H and O–H groups in total. The number of benzene rings is 1. The fraction of sp³-hybridized carbons (Fsp3) is 0.478. The molecule has 2 saturated heterocycles. The highest BCUT2D eigenvalue weighted by Crippen LogP contribution is 2.31. The van der Waals surface area contributed by atoms with Crippen molar-refractivity contribution in [2.45, 2.75) is 38.3 Å². The van der Waals surface area contributed by atoms with Gasteiger partial charge >= 0.3 is 0 Å². The van der Waals surface area contributed by atoms with Crippen molar-refractivity contribution in [2.75, 3.05) is 26.8 Å². The van der Waals surface area contributed by atoms with Crippen LogP contribution in [0.2, 0.25) is 0 Å². The van der Waals surface area contributed by atoms with Crippen LogP contribution in [0.5, 0.6) is 5.75 Å². The van der Waals surface area contributed by atoms with E-state index in [0.717, 1.165) is 79.4 Å². The van der Waals surface area contributed by atoms with Crippen molar-refractivity contribution >= 4 is 11.2 Å². The first-order valence-electron chi connectivity index (χ1n) is 10.9. The number of rotatable bonds is 5. The first kappa shape index (κ1) is 19.5. The minimum Gasteiger partial charge on any atom is -0.497 e. The summed E-state index contributed by atoms with van der Waals surface area (Å²) >= 11 is 0. The molecular formula is C23H28N5O2. The minimum atomic E-state index is -0.00781. The van der Waals surface area contributed by atoms with Crippen molar-refractivity contribution in [3.63, 3.8) is 0 Å². The van der Waals surface area contributed by atoms with Crippen molar-refractivity contribution < 1.29 is 9.47 Å². The molecule has 1 aromatic carbocycles. The molecule has 4 heterocycles. The molecule has 0 bridgehead atoms. The smallest absolute Gasteiger partial charge is 0.166 e. The molecular weight excluding hydrogens is 378 g/mol. The monoisotopic (exact) mass is 406 g/mol. The molecule has 5 rings (SSSR count). The second kappa shape index (κ2) is 8.70. The summed E-state index contributed by atoms with van der Waals surface area (Å²) in [6.45, 7) is 2.85. The third-order valence-electron chi connectivity index (χ3n) is 5.99. The second-order valence-electron chi connectivity index (χ2n) is 8.08. The minimum absolute atomic E-state index is 0.00781. The predicted octanol–water partition coefficient (Wildman–Crippen LogP) is 3.75. The molecule has 7 nitrogen and oxygen atoms in total. The molecule has 2 fully saturated rings. The van der Waals surface area contributed by atoms with Gasteiger partial charge in [0.2, 0.25) is 0 Å². The molecule has 0 spiro atoms. The zero-order chi connectivity index (χ0) is 20.3. The maximum absolute atomic E-state index is 6.02. The number of ether oxygens (including phenoxy) is 2. The summed E-state index contributed by atoms with van der Waals surface area (Å²) in [6.07, 6.45) is 9.66. The van der Waals surface area contributed by atoms with Crippen molar-refractivity contribution in [2.24, 2.45) is 5.92 Å². The number of imidazole rings is 1. The fourth-order valence-electron chi connectivity index (χ4n) is 4.34. The van der Waals surface area contributed by atoms with Gasteiger partial charge in [-0.15, -0.1) is 0 Å². The van der Waals surface area contributed by atoms with Crippen LogP contribution < -0.4 is 10.1 Å². The summed E-state index contributed by atoms with van der Waals surface area (Å²) in [5, 5.41) is 3.47. The topological polar surface area (TPSA) is 74.1 Å². The average Bonchev–Trinajstić information content (AvgIpc) is 3.24. The first-order chi connectivity index (χ1) is 14.8. The van der Waals surface area contributed by atoms with E-state index in [0.29, 0.717) is 5.92 Å². The van der Waals surface area contributed by atoms with Gasteiger partial charge in [0.05, 0.1) is 13.4 Å². The lowest BCUT2D eigenvalue weighted by Crippen LogP contribution is -2.30. The molecule has 30 heavy (non-hydrogen) atoms. The molecule has 2 atom stereocenters. The maximum Gasteiger partial charge on any atom is 0.166 e. The SMILES string of the molecule is COc1ccc(-c2nc([CH]C3CCCNC3)nc3c2ncn3C2CCCCO2)cc1. The van der Waals surface area contributed by atoms with Crippen LogP contribution in [0.25, 0.3) is 22.4 Å². The van der Waals surface area contributed by atoms with Crippen LogP contribution in [0.1, 0.15) is 44.2 Å². The Balaban J connectivity index is 1.57. The number of fused-ring (bicyclic) bond motifs is 1. The van der Waals surface area contributed by atoms with Gasteiger partial charge in [0.15, 0.2) is 5.65 Å². The highest BCUT2D eigenvalue weighted by molar-refractivity contribution is 5.87. The Kier molecular flexibility index (Phi) is 5.64. The van der Waals surface area contributed by atoms with E-state index in [9.17, 15) is 0 Å².